The summed E-state index contributed by atoms with van der Waals surface area (Å²) < 4.78 is 2.56. The van der Waals surface area contributed by atoms with Gasteiger partial charge in [0.25, 0.3) is 0 Å². The average molecular weight is 616 g/mol. The van der Waals surface area contributed by atoms with Crippen LogP contribution in [0.2, 0.25) is 0 Å². The number of hydrogen-bond acceptors (Lipinski definition) is 4. The molecule has 0 spiro atoms. The third-order valence-corrected chi connectivity index (χ3v) is 10.4. The lowest BCUT2D eigenvalue weighted by Crippen LogP contribution is -1.92. The smallest absolute Gasteiger partial charge is 0.0972 e. The minimum atomic E-state index is 0.913. The summed E-state index contributed by atoms with van der Waals surface area (Å²) in [5, 5.41) is 8.22. The van der Waals surface area contributed by atoms with Crippen LogP contribution in [-0.2, 0) is 0 Å². The first-order valence-electron chi connectivity index (χ1n) is 15.8. The molecule has 10 rings (SSSR count). The first-order chi connectivity index (χ1) is 23.3. The highest BCUT2D eigenvalue weighted by atomic mass is 32.1. The summed E-state index contributed by atoms with van der Waals surface area (Å²) in [6.45, 7) is 0. The Morgan fingerprint density at radius 1 is 0.362 bits per heavy atom. The summed E-state index contributed by atoms with van der Waals surface area (Å²) in [5.41, 5.74) is 9.02. The van der Waals surface area contributed by atoms with E-state index >= 15 is 0 Å². The molecule has 0 amide bonds. The maximum absolute atomic E-state index is 5.42. The molecule has 218 valence electrons. The molecule has 0 unspecified atom stereocenters. The number of thiophene rings is 1. The molecule has 10 aromatic rings. The summed E-state index contributed by atoms with van der Waals surface area (Å²) in [5.74, 6) is 0. The zero-order valence-corrected chi connectivity index (χ0v) is 26.0. The quantitative estimate of drug-likeness (QED) is 0.186. The van der Waals surface area contributed by atoms with Crippen LogP contribution < -0.4 is 0 Å². The maximum atomic E-state index is 5.42. The first kappa shape index (κ1) is 26.3. The molecule has 0 saturated heterocycles. The average Bonchev–Trinajstić information content (AvgIpc) is 3.54. The van der Waals surface area contributed by atoms with Crippen molar-refractivity contribution in [1.82, 2.24) is 15.0 Å². The minimum Gasteiger partial charge on any atom is -0.246 e. The van der Waals surface area contributed by atoms with Crippen LogP contribution in [0.3, 0.4) is 0 Å². The molecule has 4 aromatic heterocycles. The molecule has 6 aromatic carbocycles. The fourth-order valence-corrected chi connectivity index (χ4v) is 8.13. The second kappa shape index (κ2) is 10.3. The SMILES string of the molecule is c1ccc(-c2ccc3ccc4ccc(-c5ccc(-c6nc7c8ccccc8ccc7c7sc8ccccc8c67)cc5)nc4c3n2)cc1. The van der Waals surface area contributed by atoms with E-state index in [0.29, 0.717) is 0 Å². The molecule has 0 saturated carbocycles. The lowest BCUT2D eigenvalue weighted by molar-refractivity contribution is 1.36. The van der Waals surface area contributed by atoms with Crippen LogP contribution in [0.5, 0.6) is 0 Å². The Hall–Kier alpha value is -5.97. The van der Waals surface area contributed by atoms with E-state index in [0.717, 1.165) is 61.1 Å². The molecule has 0 aliphatic rings. The van der Waals surface area contributed by atoms with Gasteiger partial charge in [0.15, 0.2) is 0 Å². The summed E-state index contributed by atoms with van der Waals surface area (Å²) in [6, 6.07) is 53.5. The number of pyridine rings is 3. The topological polar surface area (TPSA) is 38.7 Å². The molecule has 0 aliphatic carbocycles. The van der Waals surface area contributed by atoms with Gasteiger partial charge in [-0.2, -0.15) is 0 Å². The fraction of sp³-hybridized carbons (Fsp3) is 0. The van der Waals surface area contributed by atoms with Crippen molar-refractivity contribution < 1.29 is 0 Å². The van der Waals surface area contributed by atoms with Gasteiger partial charge in [-0.05, 0) is 23.6 Å². The normalized spacial score (nSPS) is 11.8. The number of benzene rings is 6. The molecule has 0 aliphatic heterocycles. The van der Waals surface area contributed by atoms with E-state index < -0.39 is 0 Å². The number of fused-ring (bicyclic) bond motifs is 10. The fourth-order valence-electron chi connectivity index (χ4n) is 6.90. The van der Waals surface area contributed by atoms with Crippen molar-refractivity contribution in [3.8, 4) is 33.8 Å². The highest BCUT2D eigenvalue weighted by Crippen LogP contribution is 2.44. The summed E-state index contributed by atoms with van der Waals surface area (Å²) in [6.07, 6.45) is 0. The summed E-state index contributed by atoms with van der Waals surface area (Å²) in [4.78, 5) is 15.7. The molecule has 0 N–H and O–H groups in total. The lowest BCUT2D eigenvalue weighted by Gasteiger charge is -2.11. The highest BCUT2D eigenvalue weighted by Gasteiger charge is 2.18. The predicted octanol–water partition coefficient (Wildman–Crippen LogP) is 11.9. The van der Waals surface area contributed by atoms with Gasteiger partial charge in [0, 0.05) is 58.4 Å². The van der Waals surface area contributed by atoms with Gasteiger partial charge in [0.1, 0.15) is 0 Å². The van der Waals surface area contributed by atoms with E-state index in [1.807, 2.05) is 29.5 Å². The molecule has 0 fully saturated rings. The van der Waals surface area contributed by atoms with Crippen LogP contribution in [0.1, 0.15) is 0 Å². The van der Waals surface area contributed by atoms with E-state index in [1.165, 1.54) is 36.3 Å². The van der Waals surface area contributed by atoms with Gasteiger partial charge in [-0.15, -0.1) is 11.3 Å². The van der Waals surface area contributed by atoms with Crippen molar-refractivity contribution >= 4 is 75.0 Å². The van der Waals surface area contributed by atoms with Gasteiger partial charge in [0.05, 0.1) is 33.6 Å². The minimum absolute atomic E-state index is 0.913. The van der Waals surface area contributed by atoms with Crippen LogP contribution in [0.15, 0.2) is 152 Å². The van der Waals surface area contributed by atoms with Crippen molar-refractivity contribution in [3.05, 3.63) is 152 Å². The molecule has 0 atom stereocenters. The van der Waals surface area contributed by atoms with Crippen LogP contribution in [-0.4, -0.2) is 15.0 Å². The number of rotatable bonds is 3. The van der Waals surface area contributed by atoms with Gasteiger partial charge >= 0.3 is 0 Å². The van der Waals surface area contributed by atoms with E-state index in [-0.39, 0.29) is 0 Å². The largest absolute Gasteiger partial charge is 0.246 e. The zero-order chi connectivity index (χ0) is 30.9. The standard InChI is InChI=1S/C43H25N3S/c1-2-9-27(10-3-1)35-24-21-30-18-19-31-22-25-36(45-41(31)40(30)44-35)28-14-16-29(17-15-28)39-38-33-12-6-7-13-37(33)47-43(38)34-23-20-26-8-4-5-11-32(26)42(34)46-39/h1-25H. The molecule has 47 heavy (non-hydrogen) atoms. The third kappa shape index (κ3) is 4.16. The Kier molecular flexibility index (Phi) is 5.74. The Labute approximate surface area is 274 Å². The second-order valence-electron chi connectivity index (χ2n) is 12.0. The van der Waals surface area contributed by atoms with E-state index in [9.17, 15) is 0 Å². The highest BCUT2D eigenvalue weighted by molar-refractivity contribution is 7.26. The van der Waals surface area contributed by atoms with Crippen molar-refractivity contribution in [2.45, 2.75) is 0 Å². The molecule has 4 heteroatoms. The predicted molar refractivity (Wildman–Crippen MR) is 199 cm³/mol. The second-order valence-corrected chi connectivity index (χ2v) is 13.0. The van der Waals surface area contributed by atoms with Crippen molar-refractivity contribution in [2.24, 2.45) is 0 Å². The molecule has 4 heterocycles. The van der Waals surface area contributed by atoms with Gasteiger partial charge in [0.2, 0.25) is 0 Å². The lowest BCUT2D eigenvalue weighted by atomic mass is 9.99. The van der Waals surface area contributed by atoms with Crippen LogP contribution in [0.4, 0.5) is 0 Å². The summed E-state index contributed by atoms with van der Waals surface area (Å²) >= 11 is 1.85. The van der Waals surface area contributed by atoms with Crippen molar-refractivity contribution in [3.63, 3.8) is 0 Å². The summed E-state index contributed by atoms with van der Waals surface area (Å²) in [7, 11) is 0. The number of aromatic nitrogens is 3. The first-order valence-corrected chi connectivity index (χ1v) is 16.6. The molecular weight excluding hydrogens is 591 g/mol. The molecular formula is C43H25N3S. The monoisotopic (exact) mass is 615 g/mol. The number of nitrogens with zero attached hydrogens (tertiary/aromatic N) is 3. The Balaban J connectivity index is 1.14. The Morgan fingerprint density at radius 3 is 1.68 bits per heavy atom. The Morgan fingerprint density at radius 2 is 0.936 bits per heavy atom. The van der Waals surface area contributed by atoms with Gasteiger partial charge in [-0.3, -0.25) is 0 Å². The van der Waals surface area contributed by atoms with Gasteiger partial charge in [-0.1, -0.05) is 133 Å². The molecule has 3 nitrogen and oxygen atoms in total. The third-order valence-electron chi connectivity index (χ3n) is 9.24. The van der Waals surface area contributed by atoms with Gasteiger partial charge < -0.3 is 0 Å². The Bertz CT molecular complexity index is 2840. The molecule has 0 bridgehead atoms. The van der Waals surface area contributed by atoms with Crippen LogP contribution >= 0.6 is 11.3 Å². The van der Waals surface area contributed by atoms with Crippen molar-refractivity contribution in [2.75, 3.05) is 0 Å². The maximum Gasteiger partial charge on any atom is 0.0972 e. The zero-order valence-electron chi connectivity index (χ0n) is 25.2. The van der Waals surface area contributed by atoms with Crippen LogP contribution in [0, 0.1) is 0 Å². The van der Waals surface area contributed by atoms with Crippen LogP contribution in [0.25, 0.3) is 97.4 Å². The number of hydrogen-bond donors (Lipinski definition) is 0. The van der Waals surface area contributed by atoms with E-state index in [2.05, 4.69) is 133 Å². The molecule has 0 radical (unpaired) electrons. The van der Waals surface area contributed by atoms with Crippen molar-refractivity contribution in [1.29, 1.82) is 0 Å². The van der Waals surface area contributed by atoms with E-state index in [1.54, 1.807) is 0 Å². The van der Waals surface area contributed by atoms with E-state index in [4.69, 9.17) is 15.0 Å². The van der Waals surface area contributed by atoms with Gasteiger partial charge in [-0.25, -0.2) is 15.0 Å².